The molecule has 0 saturated carbocycles. The maximum atomic E-state index is 11.8. The lowest BCUT2D eigenvalue weighted by molar-refractivity contribution is -0.119. The number of anilines is 2. The molecule has 1 unspecified atom stereocenters. The van der Waals surface area contributed by atoms with Gasteiger partial charge in [0.05, 0.1) is 19.0 Å². The summed E-state index contributed by atoms with van der Waals surface area (Å²) in [7, 11) is 1.28. The van der Waals surface area contributed by atoms with Crippen LogP contribution >= 0.6 is 0 Å². The highest BCUT2D eigenvalue weighted by Gasteiger charge is 2.32. The highest BCUT2D eigenvalue weighted by Crippen LogP contribution is 2.28. The lowest BCUT2D eigenvalue weighted by Gasteiger charge is -2.24. The van der Waals surface area contributed by atoms with E-state index in [9.17, 15) is 9.59 Å². The van der Waals surface area contributed by atoms with Crippen molar-refractivity contribution in [2.45, 2.75) is 18.9 Å². The second-order valence-corrected chi connectivity index (χ2v) is 4.39. The number of hydrogen-bond donors (Lipinski definition) is 2. The predicted molar refractivity (Wildman–Crippen MR) is 69.6 cm³/mol. The largest absolute Gasteiger partial charge is 0.465 e. The van der Waals surface area contributed by atoms with Crippen LogP contribution in [0.5, 0.6) is 0 Å². The Morgan fingerprint density at radius 2 is 2.26 bits per heavy atom. The minimum absolute atomic E-state index is 0.246. The topological polar surface area (TPSA) is 112 Å². The summed E-state index contributed by atoms with van der Waals surface area (Å²) in [6.45, 7) is 0.620. The Balaban J connectivity index is 2.44. The molecule has 7 nitrogen and oxygen atoms in total. The van der Waals surface area contributed by atoms with E-state index in [0.29, 0.717) is 24.5 Å². The standard InChI is InChI=1S/C12H16N4O3/c1-19-12(18)8-5-7(13)6-15-11(8)16-4-2-3-9(16)10(14)17/h5-6,9H,2-4,13H2,1H3,(H2,14,17). The number of nitrogens with zero attached hydrogens (tertiary/aromatic N) is 2. The van der Waals surface area contributed by atoms with Crippen LogP contribution < -0.4 is 16.4 Å². The van der Waals surface area contributed by atoms with E-state index in [1.165, 1.54) is 19.4 Å². The summed E-state index contributed by atoms with van der Waals surface area (Å²) in [4.78, 5) is 29.1. The molecular formula is C12H16N4O3. The number of nitrogen functional groups attached to an aromatic ring is 1. The SMILES string of the molecule is COC(=O)c1cc(N)cnc1N1CCCC1C(N)=O. The number of amides is 1. The molecule has 4 N–H and O–H groups in total. The molecule has 102 valence electrons. The van der Waals surface area contributed by atoms with Crippen molar-refractivity contribution in [1.82, 2.24) is 4.98 Å². The number of primary amides is 1. The average molecular weight is 264 g/mol. The summed E-state index contributed by atoms with van der Waals surface area (Å²) in [6, 6.07) is 1.05. The molecule has 7 heteroatoms. The van der Waals surface area contributed by atoms with Gasteiger partial charge in [-0.25, -0.2) is 9.78 Å². The van der Waals surface area contributed by atoms with Gasteiger partial charge in [0.2, 0.25) is 5.91 Å². The van der Waals surface area contributed by atoms with Gasteiger partial charge in [0.1, 0.15) is 17.4 Å². The van der Waals surface area contributed by atoms with Gasteiger partial charge in [0.15, 0.2) is 0 Å². The van der Waals surface area contributed by atoms with Crippen molar-refractivity contribution in [2.75, 3.05) is 24.3 Å². The predicted octanol–water partition coefficient (Wildman–Crippen LogP) is -0.0955. The summed E-state index contributed by atoms with van der Waals surface area (Å²) in [6.07, 6.45) is 2.92. The van der Waals surface area contributed by atoms with Crippen LogP contribution in [-0.4, -0.2) is 36.6 Å². The molecule has 0 bridgehead atoms. The van der Waals surface area contributed by atoms with Gasteiger partial charge < -0.3 is 21.1 Å². The van der Waals surface area contributed by atoms with E-state index in [1.54, 1.807) is 4.90 Å². The maximum absolute atomic E-state index is 11.8. The number of nitrogens with two attached hydrogens (primary N) is 2. The van der Waals surface area contributed by atoms with Gasteiger partial charge in [-0.3, -0.25) is 4.79 Å². The number of methoxy groups -OCH3 is 1. The molecule has 1 atom stereocenters. The molecule has 0 aromatic carbocycles. The molecule has 1 aromatic rings. The molecule has 1 aromatic heterocycles. The molecule has 1 aliphatic heterocycles. The monoisotopic (exact) mass is 264 g/mol. The molecular weight excluding hydrogens is 248 g/mol. The highest BCUT2D eigenvalue weighted by atomic mass is 16.5. The number of rotatable bonds is 3. The van der Waals surface area contributed by atoms with Gasteiger partial charge in [0, 0.05) is 6.54 Å². The maximum Gasteiger partial charge on any atom is 0.341 e. The molecule has 1 aliphatic rings. The molecule has 2 heterocycles. The molecule has 19 heavy (non-hydrogen) atoms. The van der Waals surface area contributed by atoms with Crippen molar-refractivity contribution in [3.8, 4) is 0 Å². The fourth-order valence-corrected chi connectivity index (χ4v) is 2.28. The van der Waals surface area contributed by atoms with E-state index in [1.807, 2.05) is 0 Å². The summed E-state index contributed by atoms with van der Waals surface area (Å²) >= 11 is 0. The van der Waals surface area contributed by atoms with Gasteiger partial charge in [-0.05, 0) is 18.9 Å². The smallest absolute Gasteiger partial charge is 0.341 e. The molecule has 0 spiro atoms. The first-order valence-corrected chi connectivity index (χ1v) is 5.94. The summed E-state index contributed by atoms with van der Waals surface area (Å²) < 4.78 is 4.71. The Bertz CT molecular complexity index is 518. The first-order chi connectivity index (χ1) is 9.04. The molecule has 1 amide bonds. The van der Waals surface area contributed by atoms with Gasteiger partial charge in [-0.2, -0.15) is 0 Å². The first-order valence-electron chi connectivity index (χ1n) is 5.94. The number of pyridine rings is 1. The van der Waals surface area contributed by atoms with Crippen molar-refractivity contribution >= 4 is 23.4 Å². The van der Waals surface area contributed by atoms with Crippen molar-refractivity contribution in [2.24, 2.45) is 5.73 Å². The van der Waals surface area contributed by atoms with E-state index in [4.69, 9.17) is 16.2 Å². The Labute approximate surface area is 110 Å². The average Bonchev–Trinajstić information content (AvgIpc) is 2.87. The van der Waals surface area contributed by atoms with Crippen LogP contribution in [0.4, 0.5) is 11.5 Å². The molecule has 0 radical (unpaired) electrons. The van der Waals surface area contributed by atoms with E-state index >= 15 is 0 Å². The second-order valence-electron chi connectivity index (χ2n) is 4.39. The zero-order valence-corrected chi connectivity index (χ0v) is 10.6. The van der Waals surface area contributed by atoms with Crippen LogP contribution in [0.25, 0.3) is 0 Å². The molecule has 1 fully saturated rings. The van der Waals surface area contributed by atoms with Crippen molar-refractivity contribution in [3.05, 3.63) is 17.8 Å². The van der Waals surface area contributed by atoms with Crippen molar-refractivity contribution in [1.29, 1.82) is 0 Å². The molecule has 0 aliphatic carbocycles. The fraction of sp³-hybridized carbons (Fsp3) is 0.417. The zero-order valence-electron chi connectivity index (χ0n) is 10.6. The molecule has 2 rings (SSSR count). The third kappa shape index (κ3) is 2.44. The van der Waals surface area contributed by atoms with Crippen molar-refractivity contribution in [3.63, 3.8) is 0 Å². The minimum Gasteiger partial charge on any atom is -0.465 e. The first kappa shape index (κ1) is 13.1. The van der Waals surface area contributed by atoms with Crippen LogP contribution in [0, 0.1) is 0 Å². The Morgan fingerprint density at radius 3 is 2.89 bits per heavy atom. The van der Waals surface area contributed by atoms with Crippen LogP contribution in [0.2, 0.25) is 0 Å². The number of aromatic nitrogens is 1. The van der Waals surface area contributed by atoms with Gasteiger partial charge in [-0.15, -0.1) is 0 Å². The van der Waals surface area contributed by atoms with Crippen LogP contribution in [0.1, 0.15) is 23.2 Å². The third-order valence-electron chi connectivity index (χ3n) is 3.15. The second kappa shape index (κ2) is 5.13. The lowest BCUT2D eigenvalue weighted by atomic mass is 10.2. The third-order valence-corrected chi connectivity index (χ3v) is 3.15. The minimum atomic E-state index is -0.537. The Morgan fingerprint density at radius 1 is 1.53 bits per heavy atom. The van der Waals surface area contributed by atoms with E-state index in [-0.39, 0.29) is 5.56 Å². The number of esters is 1. The van der Waals surface area contributed by atoms with E-state index in [0.717, 1.165) is 6.42 Å². The summed E-state index contributed by atoms with van der Waals surface area (Å²) in [5.41, 5.74) is 11.6. The Hall–Kier alpha value is -2.31. The summed E-state index contributed by atoms with van der Waals surface area (Å²) in [5.74, 6) is -0.570. The number of ether oxygens (including phenoxy) is 1. The van der Waals surface area contributed by atoms with Crippen molar-refractivity contribution < 1.29 is 14.3 Å². The number of hydrogen-bond acceptors (Lipinski definition) is 6. The van der Waals surface area contributed by atoms with Gasteiger partial charge in [0.25, 0.3) is 0 Å². The summed E-state index contributed by atoms with van der Waals surface area (Å²) in [5, 5.41) is 0. The van der Waals surface area contributed by atoms with Crippen LogP contribution in [0.15, 0.2) is 12.3 Å². The number of carbonyl (C=O) groups is 2. The zero-order chi connectivity index (χ0) is 14.0. The number of carbonyl (C=O) groups excluding carboxylic acids is 2. The lowest BCUT2D eigenvalue weighted by Crippen LogP contribution is -2.41. The quantitative estimate of drug-likeness (QED) is 0.738. The highest BCUT2D eigenvalue weighted by molar-refractivity contribution is 5.97. The van der Waals surface area contributed by atoms with E-state index in [2.05, 4.69) is 4.98 Å². The molecule has 1 saturated heterocycles. The van der Waals surface area contributed by atoms with Gasteiger partial charge >= 0.3 is 5.97 Å². The Kier molecular flexibility index (Phi) is 3.55. The van der Waals surface area contributed by atoms with Crippen LogP contribution in [-0.2, 0) is 9.53 Å². The van der Waals surface area contributed by atoms with E-state index < -0.39 is 17.9 Å². The van der Waals surface area contributed by atoms with Crippen LogP contribution in [0.3, 0.4) is 0 Å². The fourth-order valence-electron chi connectivity index (χ4n) is 2.28. The van der Waals surface area contributed by atoms with Gasteiger partial charge in [-0.1, -0.05) is 0 Å². The normalized spacial score (nSPS) is 18.4.